The minimum Gasteiger partial charge on any atom is -0.357 e. The molecule has 29 heavy (non-hydrogen) atoms. The number of halogens is 4. The summed E-state index contributed by atoms with van der Waals surface area (Å²) in [5.74, 6) is 0.549. The quantitative estimate of drug-likeness (QED) is 0.353. The Labute approximate surface area is 189 Å². The number of nitrogens with zero attached hydrogens (tertiary/aromatic N) is 5. The lowest BCUT2D eigenvalue weighted by molar-refractivity contribution is -0.142. The van der Waals surface area contributed by atoms with Gasteiger partial charge in [0.15, 0.2) is 11.7 Å². The van der Waals surface area contributed by atoms with Crippen molar-refractivity contribution >= 4 is 41.3 Å². The van der Waals surface area contributed by atoms with Crippen molar-refractivity contribution in [1.82, 2.24) is 25.0 Å². The maximum absolute atomic E-state index is 13.1. The molecule has 2 aromatic rings. The predicted octanol–water partition coefficient (Wildman–Crippen LogP) is 3.99. The van der Waals surface area contributed by atoms with Crippen molar-refractivity contribution in [3.8, 4) is 0 Å². The zero-order chi connectivity index (χ0) is 20.3. The van der Waals surface area contributed by atoms with Crippen LogP contribution in [0, 0.1) is 0 Å². The van der Waals surface area contributed by atoms with E-state index in [1.807, 2.05) is 18.9 Å². The topological polar surface area (TPSA) is 58.3 Å². The molecule has 162 valence electrons. The van der Waals surface area contributed by atoms with Crippen molar-refractivity contribution in [1.29, 1.82) is 0 Å². The Hall–Kier alpha value is -1.37. The number of rotatable bonds is 5. The van der Waals surface area contributed by atoms with Crippen molar-refractivity contribution in [2.24, 2.45) is 12.0 Å². The van der Waals surface area contributed by atoms with E-state index in [1.165, 1.54) is 41.3 Å². The van der Waals surface area contributed by atoms with Gasteiger partial charge in [0, 0.05) is 37.3 Å². The summed E-state index contributed by atoms with van der Waals surface area (Å²) in [5, 5.41) is 7.69. The van der Waals surface area contributed by atoms with Crippen LogP contribution in [-0.2, 0) is 39.2 Å². The molecule has 0 atom stereocenters. The van der Waals surface area contributed by atoms with E-state index in [-0.39, 0.29) is 36.1 Å². The number of aryl methyl sites for hydroxylation is 3. The highest BCUT2D eigenvalue weighted by atomic mass is 127. The number of hydrogen-bond acceptors (Lipinski definition) is 4. The summed E-state index contributed by atoms with van der Waals surface area (Å²) in [4.78, 5) is 12.4. The van der Waals surface area contributed by atoms with Crippen LogP contribution in [0.4, 0.5) is 13.2 Å². The molecule has 1 aliphatic carbocycles. The van der Waals surface area contributed by atoms with Crippen LogP contribution in [0.5, 0.6) is 0 Å². The third-order valence-electron chi connectivity index (χ3n) is 4.53. The van der Waals surface area contributed by atoms with Crippen LogP contribution in [-0.4, -0.2) is 39.2 Å². The Bertz CT molecular complexity index is 822. The summed E-state index contributed by atoms with van der Waals surface area (Å²) in [7, 11) is 3.35. The van der Waals surface area contributed by atoms with Crippen LogP contribution in [0.15, 0.2) is 11.2 Å². The highest BCUT2D eigenvalue weighted by Crippen LogP contribution is 2.31. The van der Waals surface area contributed by atoms with Gasteiger partial charge in [0.05, 0.1) is 18.8 Å². The third-order valence-corrected chi connectivity index (χ3v) is 5.67. The first kappa shape index (κ1) is 23.9. The monoisotopic (exact) mass is 542 g/mol. The molecule has 2 aromatic heterocycles. The number of fused-ring (bicyclic) bond motifs is 1. The summed E-state index contributed by atoms with van der Waals surface area (Å²) in [6, 6.07) is 0. The minimum absolute atomic E-state index is 0. The van der Waals surface area contributed by atoms with Gasteiger partial charge in [0.25, 0.3) is 0 Å². The molecule has 0 radical (unpaired) electrons. The molecule has 0 aromatic carbocycles. The van der Waals surface area contributed by atoms with Crippen LogP contribution >= 0.6 is 35.3 Å². The lowest BCUT2D eigenvalue weighted by Crippen LogP contribution is -2.38. The molecule has 2 heterocycles. The summed E-state index contributed by atoms with van der Waals surface area (Å²) < 4.78 is 40.6. The second-order valence-corrected chi connectivity index (χ2v) is 8.05. The van der Waals surface area contributed by atoms with Gasteiger partial charge < -0.3 is 10.2 Å². The fourth-order valence-corrected chi connectivity index (χ4v) is 4.48. The Morgan fingerprint density at radius 2 is 2.07 bits per heavy atom. The van der Waals surface area contributed by atoms with E-state index < -0.39 is 11.9 Å². The van der Waals surface area contributed by atoms with Gasteiger partial charge >= 0.3 is 6.18 Å². The first-order valence-electron chi connectivity index (χ1n) is 9.34. The van der Waals surface area contributed by atoms with Gasteiger partial charge in [-0.3, -0.25) is 4.68 Å². The molecular formula is C18H26F3IN6S. The van der Waals surface area contributed by atoms with Crippen LogP contribution < -0.4 is 5.32 Å². The molecular weight excluding hydrogens is 516 g/mol. The summed E-state index contributed by atoms with van der Waals surface area (Å²) >= 11 is 1.73. The molecule has 3 rings (SSSR count). The Balaban J connectivity index is 0.00000300. The van der Waals surface area contributed by atoms with E-state index in [0.717, 1.165) is 17.8 Å². The van der Waals surface area contributed by atoms with Crippen LogP contribution in [0.3, 0.4) is 0 Å². The van der Waals surface area contributed by atoms with Gasteiger partial charge in [-0.25, -0.2) is 9.98 Å². The van der Waals surface area contributed by atoms with Crippen LogP contribution in [0.25, 0.3) is 0 Å². The molecule has 0 aliphatic heterocycles. The maximum atomic E-state index is 13.1. The maximum Gasteiger partial charge on any atom is 0.435 e. The molecule has 0 fully saturated rings. The highest BCUT2D eigenvalue weighted by Gasteiger charge is 2.36. The predicted molar refractivity (Wildman–Crippen MR) is 119 cm³/mol. The minimum atomic E-state index is -4.49. The molecule has 11 heteroatoms. The van der Waals surface area contributed by atoms with Crippen molar-refractivity contribution < 1.29 is 13.2 Å². The van der Waals surface area contributed by atoms with Gasteiger partial charge in [-0.2, -0.15) is 18.3 Å². The largest absolute Gasteiger partial charge is 0.435 e. The lowest BCUT2D eigenvalue weighted by Gasteiger charge is -2.21. The molecule has 0 spiro atoms. The van der Waals surface area contributed by atoms with E-state index in [0.29, 0.717) is 19.0 Å². The molecule has 0 bridgehead atoms. The van der Waals surface area contributed by atoms with Gasteiger partial charge in [-0.1, -0.05) is 0 Å². The number of thiazole rings is 1. The van der Waals surface area contributed by atoms with Gasteiger partial charge in [-0.15, -0.1) is 35.3 Å². The summed E-state index contributed by atoms with van der Waals surface area (Å²) in [6.45, 7) is 3.03. The van der Waals surface area contributed by atoms with Gasteiger partial charge in [-0.05, 0) is 32.6 Å². The number of guanidine groups is 1. The molecule has 6 nitrogen and oxygen atoms in total. The van der Waals surface area contributed by atoms with Crippen LogP contribution in [0.1, 0.15) is 46.6 Å². The highest BCUT2D eigenvalue weighted by molar-refractivity contribution is 14.0. The molecule has 0 unspecified atom stereocenters. The van der Waals surface area contributed by atoms with E-state index in [2.05, 4.69) is 15.4 Å². The Kier molecular flexibility index (Phi) is 8.32. The fraction of sp³-hybridized carbons (Fsp3) is 0.611. The SMILES string of the molecule is CCNC(=NCc1cn(C)nc1C(F)(F)F)N(C)Cc1nc2c(s1)CCCC2.I. The van der Waals surface area contributed by atoms with Crippen molar-refractivity contribution in [3.05, 3.63) is 33.0 Å². The van der Waals surface area contributed by atoms with E-state index in [4.69, 9.17) is 4.98 Å². The molecule has 1 aliphatic rings. The normalized spacial score (nSPS) is 14.3. The molecule has 0 saturated carbocycles. The van der Waals surface area contributed by atoms with Crippen molar-refractivity contribution in [2.75, 3.05) is 13.6 Å². The van der Waals surface area contributed by atoms with E-state index >= 15 is 0 Å². The zero-order valence-electron chi connectivity index (χ0n) is 16.7. The number of nitrogens with one attached hydrogen (secondary N) is 1. The lowest BCUT2D eigenvalue weighted by atomic mass is 10.0. The number of alkyl halides is 3. The van der Waals surface area contributed by atoms with Gasteiger partial charge in [0.1, 0.15) is 5.01 Å². The average Bonchev–Trinajstić information content (AvgIpc) is 3.20. The van der Waals surface area contributed by atoms with Crippen LogP contribution in [0.2, 0.25) is 0 Å². The van der Waals surface area contributed by atoms with Crippen molar-refractivity contribution in [2.45, 2.75) is 51.9 Å². The Morgan fingerprint density at radius 1 is 1.34 bits per heavy atom. The summed E-state index contributed by atoms with van der Waals surface area (Å²) in [6.07, 6.45) is 1.39. The number of aromatic nitrogens is 3. The smallest absolute Gasteiger partial charge is 0.357 e. The number of hydrogen-bond donors (Lipinski definition) is 1. The molecule has 0 amide bonds. The standard InChI is InChI=1S/C18H25F3N6S.HI/c1-4-22-17(23-9-12-10-27(3)25-16(12)18(19,20)21)26(2)11-15-24-13-7-5-6-8-14(13)28-15;/h10H,4-9,11H2,1-3H3,(H,22,23);1H. The fourth-order valence-electron chi connectivity index (χ4n) is 3.27. The first-order valence-corrected chi connectivity index (χ1v) is 10.2. The number of aliphatic imine (C=N–C) groups is 1. The zero-order valence-corrected chi connectivity index (χ0v) is 19.9. The third kappa shape index (κ3) is 6.06. The second-order valence-electron chi connectivity index (χ2n) is 6.89. The Morgan fingerprint density at radius 3 is 2.72 bits per heavy atom. The average molecular weight is 542 g/mol. The van der Waals surface area contributed by atoms with E-state index in [9.17, 15) is 13.2 Å². The van der Waals surface area contributed by atoms with Crippen molar-refractivity contribution in [3.63, 3.8) is 0 Å². The molecule has 0 saturated heterocycles. The first-order chi connectivity index (χ1) is 13.3. The summed E-state index contributed by atoms with van der Waals surface area (Å²) in [5.41, 5.74) is 0.375. The second kappa shape index (κ2) is 10.1. The van der Waals surface area contributed by atoms with Gasteiger partial charge in [0.2, 0.25) is 0 Å². The molecule has 1 N–H and O–H groups in total. The van der Waals surface area contributed by atoms with E-state index in [1.54, 1.807) is 11.3 Å².